The van der Waals surface area contributed by atoms with Gasteiger partial charge in [0.25, 0.3) is 0 Å². The second kappa shape index (κ2) is 8.82. The molecule has 5 nitrogen and oxygen atoms in total. The van der Waals surface area contributed by atoms with E-state index < -0.39 is 0 Å². The maximum absolute atomic E-state index is 5.63. The molecule has 1 aliphatic rings. The van der Waals surface area contributed by atoms with E-state index in [0.29, 0.717) is 0 Å². The van der Waals surface area contributed by atoms with Gasteiger partial charge in [0.2, 0.25) is 5.13 Å². The molecule has 2 aromatic carbocycles. The number of rotatable bonds is 7. The van der Waals surface area contributed by atoms with Gasteiger partial charge in [0, 0.05) is 48.4 Å². The minimum absolute atomic E-state index is 0.0217. The summed E-state index contributed by atoms with van der Waals surface area (Å²) in [4.78, 5) is 4.67. The zero-order chi connectivity index (χ0) is 19.2. The normalized spacial score (nSPS) is 17.2. The van der Waals surface area contributed by atoms with E-state index in [4.69, 9.17) is 4.74 Å². The Morgan fingerprint density at radius 1 is 1.04 bits per heavy atom. The van der Waals surface area contributed by atoms with E-state index in [1.54, 1.807) is 0 Å². The van der Waals surface area contributed by atoms with Gasteiger partial charge in [-0.1, -0.05) is 60.7 Å². The largest absolute Gasteiger partial charge is 0.381 e. The monoisotopic (exact) mass is 394 g/mol. The van der Waals surface area contributed by atoms with E-state index in [1.807, 2.05) is 30.3 Å². The molecule has 0 radical (unpaired) electrons. The van der Waals surface area contributed by atoms with Gasteiger partial charge in [-0.25, -0.2) is 0 Å². The summed E-state index contributed by atoms with van der Waals surface area (Å²) >= 11 is 1.42. The van der Waals surface area contributed by atoms with Crippen molar-refractivity contribution in [3.05, 3.63) is 66.2 Å². The number of nitrogens with one attached hydrogen (secondary N) is 2. The Labute approximate surface area is 170 Å². The molecule has 2 N–H and O–H groups in total. The van der Waals surface area contributed by atoms with Gasteiger partial charge < -0.3 is 15.4 Å². The third-order valence-electron chi connectivity index (χ3n) is 5.31. The first kappa shape index (κ1) is 19.1. The predicted molar refractivity (Wildman–Crippen MR) is 115 cm³/mol. The van der Waals surface area contributed by atoms with Crippen molar-refractivity contribution in [1.82, 2.24) is 14.7 Å². The van der Waals surface area contributed by atoms with Crippen LogP contribution >= 0.6 is 11.5 Å². The molecule has 0 amide bonds. The van der Waals surface area contributed by atoms with E-state index in [1.165, 1.54) is 17.1 Å². The molecular formula is C22H26N4OS. The van der Waals surface area contributed by atoms with Gasteiger partial charge >= 0.3 is 0 Å². The fraction of sp³-hybridized carbons (Fsp3) is 0.364. The molecular weight excluding hydrogens is 368 g/mol. The fourth-order valence-electron chi connectivity index (χ4n) is 3.66. The summed E-state index contributed by atoms with van der Waals surface area (Å²) < 4.78 is 10.1. The molecule has 0 spiro atoms. The number of hydrogen-bond acceptors (Lipinski definition) is 6. The van der Waals surface area contributed by atoms with Gasteiger partial charge in [-0.2, -0.15) is 9.36 Å². The second-order valence-corrected chi connectivity index (χ2v) is 8.06. The minimum atomic E-state index is -0.0217. The van der Waals surface area contributed by atoms with Crippen LogP contribution in [0.25, 0.3) is 11.4 Å². The molecule has 146 valence electrons. The molecule has 1 aliphatic heterocycles. The SMILES string of the molecule is CC(NC1(CNc2nc(-c3ccccc3)ns2)CCOCC1)c1ccccc1. The number of benzene rings is 2. The maximum atomic E-state index is 5.63. The van der Waals surface area contributed by atoms with Crippen molar-refractivity contribution in [2.24, 2.45) is 0 Å². The first-order valence-corrected chi connectivity index (χ1v) is 10.5. The van der Waals surface area contributed by atoms with E-state index in [0.717, 1.165) is 49.1 Å². The van der Waals surface area contributed by atoms with Crippen LogP contribution in [0.4, 0.5) is 5.13 Å². The molecule has 0 saturated carbocycles. The molecule has 1 atom stereocenters. The lowest BCUT2D eigenvalue weighted by Gasteiger charge is -2.40. The van der Waals surface area contributed by atoms with Crippen LogP contribution in [0.1, 0.15) is 31.4 Å². The lowest BCUT2D eigenvalue weighted by molar-refractivity contribution is 0.0389. The van der Waals surface area contributed by atoms with Gasteiger partial charge in [0.05, 0.1) is 0 Å². The highest BCUT2D eigenvalue weighted by Crippen LogP contribution is 2.27. The third-order valence-corrected chi connectivity index (χ3v) is 5.98. The summed E-state index contributed by atoms with van der Waals surface area (Å²) in [5.41, 5.74) is 2.32. The van der Waals surface area contributed by atoms with E-state index in [2.05, 4.69) is 57.2 Å². The maximum Gasteiger partial charge on any atom is 0.202 e. The van der Waals surface area contributed by atoms with Gasteiger partial charge in [-0.15, -0.1) is 0 Å². The van der Waals surface area contributed by atoms with Crippen LogP contribution in [-0.2, 0) is 4.74 Å². The Morgan fingerprint density at radius 2 is 1.71 bits per heavy atom. The Morgan fingerprint density at radius 3 is 2.43 bits per heavy atom. The second-order valence-electron chi connectivity index (χ2n) is 7.31. The van der Waals surface area contributed by atoms with Crippen LogP contribution in [0, 0.1) is 0 Å². The number of anilines is 1. The summed E-state index contributed by atoms with van der Waals surface area (Å²) in [5.74, 6) is 0.778. The Hall–Kier alpha value is -2.28. The molecule has 4 rings (SSSR count). The van der Waals surface area contributed by atoms with Crippen molar-refractivity contribution in [3.8, 4) is 11.4 Å². The Balaban J connectivity index is 1.44. The topological polar surface area (TPSA) is 59.1 Å². The molecule has 0 aliphatic carbocycles. The molecule has 6 heteroatoms. The van der Waals surface area contributed by atoms with Gasteiger partial charge in [0.15, 0.2) is 5.82 Å². The molecule has 28 heavy (non-hydrogen) atoms. The number of hydrogen-bond donors (Lipinski definition) is 2. The highest BCUT2D eigenvalue weighted by Gasteiger charge is 2.34. The molecule has 1 saturated heterocycles. The van der Waals surface area contributed by atoms with Crippen LogP contribution in [0.15, 0.2) is 60.7 Å². The smallest absolute Gasteiger partial charge is 0.202 e. The van der Waals surface area contributed by atoms with Crippen molar-refractivity contribution in [3.63, 3.8) is 0 Å². The standard InChI is InChI=1S/C22H26N4OS/c1-17(18-8-4-2-5-9-18)25-22(12-14-27-15-13-22)16-23-21-24-20(26-28-21)19-10-6-3-7-11-19/h2-11,17,25H,12-16H2,1H3,(H,23,24,26). The molecule has 0 bridgehead atoms. The predicted octanol–water partition coefficient (Wildman–Crippen LogP) is 4.52. The summed E-state index contributed by atoms with van der Waals surface area (Å²) in [5, 5.41) is 8.26. The summed E-state index contributed by atoms with van der Waals surface area (Å²) in [6.07, 6.45) is 1.95. The highest BCUT2D eigenvalue weighted by atomic mass is 32.1. The Kier molecular flexibility index (Phi) is 6.00. The number of ether oxygens (including phenoxy) is 1. The van der Waals surface area contributed by atoms with Crippen molar-refractivity contribution < 1.29 is 4.74 Å². The van der Waals surface area contributed by atoms with E-state index >= 15 is 0 Å². The lowest BCUT2D eigenvalue weighted by Crippen LogP contribution is -2.54. The van der Waals surface area contributed by atoms with Gasteiger partial charge in [-0.05, 0) is 25.3 Å². The van der Waals surface area contributed by atoms with E-state index in [9.17, 15) is 0 Å². The van der Waals surface area contributed by atoms with Crippen LogP contribution in [0.5, 0.6) is 0 Å². The van der Waals surface area contributed by atoms with Crippen molar-refractivity contribution in [1.29, 1.82) is 0 Å². The first-order valence-electron chi connectivity index (χ1n) is 9.78. The van der Waals surface area contributed by atoms with Crippen LogP contribution in [0.2, 0.25) is 0 Å². The quantitative estimate of drug-likeness (QED) is 0.617. The van der Waals surface area contributed by atoms with Crippen LogP contribution < -0.4 is 10.6 Å². The third kappa shape index (κ3) is 4.58. The van der Waals surface area contributed by atoms with Gasteiger partial charge in [-0.3, -0.25) is 0 Å². The zero-order valence-corrected chi connectivity index (χ0v) is 16.9. The molecule has 2 heterocycles. The summed E-state index contributed by atoms with van der Waals surface area (Å²) in [6.45, 7) is 4.59. The average Bonchev–Trinajstić information content (AvgIpc) is 3.24. The van der Waals surface area contributed by atoms with Crippen molar-refractivity contribution >= 4 is 16.7 Å². The molecule has 1 unspecified atom stereocenters. The van der Waals surface area contributed by atoms with Gasteiger partial charge in [0.1, 0.15) is 0 Å². The summed E-state index contributed by atoms with van der Waals surface area (Å²) in [7, 11) is 0. The number of aromatic nitrogens is 2. The number of nitrogens with zero attached hydrogens (tertiary/aromatic N) is 2. The molecule has 1 fully saturated rings. The average molecular weight is 395 g/mol. The minimum Gasteiger partial charge on any atom is -0.381 e. The van der Waals surface area contributed by atoms with Crippen LogP contribution in [0.3, 0.4) is 0 Å². The highest BCUT2D eigenvalue weighted by molar-refractivity contribution is 7.09. The Bertz CT molecular complexity index is 863. The van der Waals surface area contributed by atoms with Crippen molar-refractivity contribution in [2.75, 3.05) is 25.1 Å². The molecule has 3 aromatic rings. The van der Waals surface area contributed by atoms with Crippen LogP contribution in [-0.4, -0.2) is 34.7 Å². The fourth-order valence-corrected chi connectivity index (χ4v) is 4.25. The lowest BCUT2D eigenvalue weighted by atomic mass is 9.88. The van der Waals surface area contributed by atoms with Crippen molar-refractivity contribution in [2.45, 2.75) is 31.3 Å². The van der Waals surface area contributed by atoms with E-state index in [-0.39, 0.29) is 11.6 Å². The first-order chi connectivity index (χ1) is 13.7. The zero-order valence-electron chi connectivity index (χ0n) is 16.1. The summed E-state index contributed by atoms with van der Waals surface area (Å²) in [6, 6.07) is 21.0. The molecule has 1 aromatic heterocycles.